The fraction of sp³-hybridized carbons (Fsp3) is 1.00. The summed E-state index contributed by atoms with van der Waals surface area (Å²) in [6.45, 7) is 19.3. The van der Waals surface area contributed by atoms with Crippen molar-refractivity contribution in [3.63, 3.8) is 0 Å². The molecule has 0 spiro atoms. The quantitative estimate of drug-likeness (QED) is 0.294. The van der Waals surface area contributed by atoms with Crippen molar-refractivity contribution in [3.8, 4) is 0 Å². The van der Waals surface area contributed by atoms with E-state index in [1.165, 1.54) is 0 Å². The van der Waals surface area contributed by atoms with Gasteiger partial charge in [0.1, 0.15) is 13.2 Å². The van der Waals surface area contributed by atoms with Gasteiger partial charge in [0.2, 0.25) is 0 Å². The Labute approximate surface area is 169 Å². The van der Waals surface area contributed by atoms with E-state index in [-0.39, 0.29) is 22.7 Å². The smallest absolute Gasteiger partial charge is 0.329 e. The lowest BCUT2D eigenvalue weighted by molar-refractivity contribution is -0.870. The zero-order valence-corrected chi connectivity index (χ0v) is 20.8. The predicted octanol–water partition coefficient (Wildman–Crippen LogP) is 6.00. The van der Waals surface area contributed by atoms with Gasteiger partial charge in [0.05, 0.1) is 34.4 Å². The van der Waals surface area contributed by atoms with Crippen molar-refractivity contribution in [2.75, 3.05) is 47.5 Å². The Morgan fingerprint density at radius 1 is 0.778 bits per heavy atom. The highest BCUT2D eigenvalue weighted by atomic mass is 31.2. The van der Waals surface area contributed by atoms with Gasteiger partial charge in [0.25, 0.3) is 0 Å². The molecule has 0 saturated carbocycles. The largest absolute Gasteiger partial charge is 0.475 e. The van der Waals surface area contributed by atoms with E-state index in [9.17, 15) is 4.57 Å². The first kappa shape index (κ1) is 27.1. The molecule has 0 aromatic carbocycles. The summed E-state index contributed by atoms with van der Waals surface area (Å²) < 4.78 is 31.0. The summed E-state index contributed by atoms with van der Waals surface area (Å²) in [5.41, 5.74) is 0.416. The third-order valence-electron chi connectivity index (χ3n) is 3.97. The van der Waals surface area contributed by atoms with Crippen LogP contribution in [0.15, 0.2) is 0 Å². The van der Waals surface area contributed by atoms with Crippen LogP contribution in [-0.2, 0) is 18.1 Å². The maximum atomic E-state index is 13.2. The lowest BCUT2D eigenvalue weighted by Gasteiger charge is -2.28. The molecule has 0 saturated heterocycles. The Balaban J connectivity index is 4.81. The van der Waals surface area contributed by atoms with Crippen LogP contribution in [0.2, 0.25) is 0 Å². The molecular weight excluding hydrogens is 361 g/mol. The lowest BCUT2D eigenvalue weighted by atomic mass is 9.86. The van der Waals surface area contributed by atoms with Crippen molar-refractivity contribution in [3.05, 3.63) is 0 Å². The molecule has 2 atom stereocenters. The van der Waals surface area contributed by atoms with Crippen LogP contribution in [0.3, 0.4) is 0 Å². The highest BCUT2D eigenvalue weighted by Crippen LogP contribution is 2.50. The summed E-state index contributed by atoms with van der Waals surface area (Å²) in [6, 6.07) is 0. The average Bonchev–Trinajstić information content (AvgIpc) is 2.38. The molecule has 0 fully saturated rings. The second-order valence-electron chi connectivity index (χ2n) is 11.6. The first-order chi connectivity index (χ1) is 11.9. The second kappa shape index (κ2) is 10.7. The van der Waals surface area contributed by atoms with E-state index in [0.717, 1.165) is 23.9 Å². The fourth-order valence-corrected chi connectivity index (χ4v) is 4.59. The molecule has 0 radical (unpaired) electrons. The molecule has 0 aliphatic heterocycles. The van der Waals surface area contributed by atoms with Crippen LogP contribution in [0.1, 0.15) is 68.2 Å². The minimum atomic E-state index is -3.55. The molecule has 6 heteroatoms. The Morgan fingerprint density at radius 3 is 1.44 bits per heavy atom. The van der Waals surface area contributed by atoms with Crippen LogP contribution >= 0.6 is 7.82 Å². The molecule has 0 aromatic heterocycles. The third kappa shape index (κ3) is 16.7. The van der Waals surface area contributed by atoms with Gasteiger partial charge in [-0.3, -0.25) is 13.6 Å². The monoisotopic (exact) mass is 408 g/mol. The summed E-state index contributed by atoms with van der Waals surface area (Å²) in [6.07, 6.45) is 1.98. The Morgan fingerprint density at radius 2 is 1.15 bits per heavy atom. The summed E-state index contributed by atoms with van der Waals surface area (Å²) in [4.78, 5) is 0. The summed E-state index contributed by atoms with van der Waals surface area (Å²) >= 11 is 0. The van der Waals surface area contributed by atoms with E-state index < -0.39 is 7.82 Å². The number of hydrogen-bond acceptors (Lipinski definition) is 4. The van der Waals surface area contributed by atoms with Crippen molar-refractivity contribution >= 4 is 7.82 Å². The van der Waals surface area contributed by atoms with Gasteiger partial charge in [-0.05, 0) is 35.5 Å². The van der Waals surface area contributed by atoms with E-state index >= 15 is 0 Å². The fourth-order valence-electron chi connectivity index (χ4n) is 3.18. The maximum Gasteiger partial charge on any atom is 0.475 e. The first-order valence-electron chi connectivity index (χ1n) is 10.2. The highest BCUT2D eigenvalue weighted by molar-refractivity contribution is 7.48. The zero-order chi connectivity index (χ0) is 21.5. The lowest BCUT2D eigenvalue weighted by Crippen LogP contribution is -2.37. The molecule has 0 aliphatic rings. The average molecular weight is 409 g/mol. The molecule has 0 N–H and O–H groups in total. The van der Waals surface area contributed by atoms with Crippen LogP contribution in [0.5, 0.6) is 0 Å². The van der Waals surface area contributed by atoms with Crippen molar-refractivity contribution in [1.82, 2.24) is 0 Å². The van der Waals surface area contributed by atoms with E-state index in [1.54, 1.807) is 0 Å². The summed E-state index contributed by atoms with van der Waals surface area (Å²) in [7, 11) is 2.67. The Kier molecular flexibility index (Phi) is 10.8. The highest BCUT2D eigenvalue weighted by Gasteiger charge is 2.30. The number of nitrogens with zero attached hydrogens (tertiary/aromatic N) is 1. The number of phosphoric acid groups is 1. The van der Waals surface area contributed by atoms with E-state index in [0.29, 0.717) is 19.8 Å². The SMILES string of the molecule is CC(COP(=O)(OCC[N+](C)(C)C)OCC(C)CC(C)(C)C)CC(C)(C)C. The predicted molar refractivity (Wildman–Crippen MR) is 115 cm³/mol. The number of likely N-dealkylation sites (N-methyl/N-ethyl adjacent to an activating group) is 1. The van der Waals surface area contributed by atoms with Gasteiger partial charge in [0, 0.05) is 0 Å². The standard InChI is InChI=1S/C21H47NO4P/c1-18(14-20(3,4)5)16-25-27(23,24-13-12-22(9,10)11)26-17-19(2)15-21(6,7)8/h18-19H,12-17H2,1-11H3/q+1. The molecule has 0 aliphatic carbocycles. The van der Waals surface area contributed by atoms with Gasteiger partial charge in [-0.25, -0.2) is 4.57 Å². The van der Waals surface area contributed by atoms with Gasteiger partial charge in [-0.2, -0.15) is 0 Å². The van der Waals surface area contributed by atoms with Crippen LogP contribution in [0.25, 0.3) is 0 Å². The zero-order valence-electron chi connectivity index (χ0n) is 19.9. The summed E-state index contributed by atoms with van der Waals surface area (Å²) in [5, 5.41) is 0. The first-order valence-corrected chi connectivity index (χ1v) is 11.7. The van der Waals surface area contributed by atoms with E-state index in [1.807, 2.05) is 0 Å². The number of hydrogen-bond donors (Lipinski definition) is 0. The minimum Gasteiger partial charge on any atom is -0.329 e. The molecular formula is C21H47NO4P+. The van der Waals surface area contributed by atoms with Crippen LogP contribution in [0, 0.1) is 22.7 Å². The van der Waals surface area contributed by atoms with Crippen LogP contribution in [-0.4, -0.2) is 52.0 Å². The van der Waals surface area contributed by atoms with E-state index in [2.05, 4.69) is 76.5 Å². The van der Waals surface area contributed by atoms with Crippen LogP contribution < -0.4 is 0 Å². The second-order valence-corrected chi connectivity index (χ2v) is 13.3. The number of quaternary nitrogens is 1. The van der Waals surface area contributed by atoms with Gasteiger partial charge in [-0.15, -0.1) is 0 Å². The van der Waals surface area contributed by atoms with Crippen molar-refractivity contribution in [1.29, 1.82) is 0 Å². The van der Waals surface area contributed by atoms with Gasteiger partial charge in [0.15, 0.2) is 0 Å². The maximum absolute atomic E-state index is 13.2. The molecule has 2 unspecified atom stereocenters. The van der Waals surface area contributed by atoms with Crippen LogP contribution in [0.4, 0.5) is 0 Å². The van der Waals surface area contributed by atoms with Crippen molar-refractivity contribution in [2.45, 2.75) is 68.2 Å². The van der Waals surface area contributed by atoms with Gasteiger partial charge < -0.3 is 4.48 Å². The van der Waals surface area contributed by atoms with Crippen molar-refractivity contribution < 1.29 is 22.6 Å². The number of rotatable bonds is 12. The molecule has 0 amide bonds. The van der Waals surface area contributed by atoms with E-state index in [4.69, 9.17) is 13.6 Å². The number of phosphoric ester groups is 1. The van der Waals surface area contributed by atoms with Gasteiger partial charge >= 0.3 is 7.82 Å². The van der Waals surface area contributed by atoms with Crippen molar-refractivity contribution in [2.24, 2.45) is 22.7 Å². The molecule has 0 bridgehead atoms. The van der Waals surface area contributed by atoms with Gasteiger partial charge in [-0.1, -0.05) is 55.4 Å². The molecule has 5 nitrogen and oxygen atoms in total. The molecule has 27 heavy (non-hydrogen) atoms. The Hall–Kier alpha value is 0.0700. The third-order valence-corrected chi connectivity index (χ3v) is 5.40. The summed E-state index contributed by atoms with van der Waals surface area (Å²) in [5.74, 6) is 0.576. The molecule has 0 rings (SSSR count). The normalized spacial score (nSPS) is 18.2. The topological polar surface area (TPSA) is 44.8 Å². The Bertz CT molecular complexity index is 430. The minimum absolute atomic E-state index is 0.208. The molecule has 0 heterocycles. The molecule has 164 valence electrons. The molecule has 0 aromatic rings.